The highest BCUT2D eigenvalue weighted by atomic mass is 16.5. The molecular weight excluding hydrogens is 270 g/mol. The molecule has 0 bridgehead atoms. The Bertz CT molecular complexity index is 559. The molecule has 1 amide bonds. The number of nitrogens with one attached hydrogen (secondary N) is 1. The van der Waals surface area contributed by atoms with E-state index in [2.05, 4.69) is 5.32 Å². The first-order valence-corrected chi connectivity index (χ1v) is 6.70. The first-order valence-electron chi connectivity index (χ1n) is 6.70. The normalized spacial score (nSPS) is 13.9. The van der Waals surface area contributed by atoms with E-state index in [-0.39, 0.29) is 5.91 Å². The molecule has 21 heavy (non-hydrogen) atoms. The number of aryl methyl sites for hydroxylation is 1. The van der Waals surface area contributed by atoms with Gasteiger partial charge in [-0.05, 0) is 49.6 Å². The van der Waals surface area contributed by atoms with Gasteiger partial charge in [-0.1, -0.05) is 13.0 Å². The Morgan fingerprint density at radius 2 is 2.10 bits per heavy atom. The van der Waals surface area contributed by atoms with Crippen molar-refractivity contribution >= 4 is 23.6 Å². The fraction of sp³-hybridized carbons (Fsp3) is 0.375. The van der Waals surface area contributed by atoms with Crippen molar-refractivity contribution in [2.45, 2.75) is 32.8 Å². The number of carboxylic acid groups (broad SMARTS) is 1. The van der Waals surface area contributed by atoms with Crippen LogP contribution < -0.4 is 5.32 Å². The van der Waals surface area contributed by atoms with Gasteiger partial charge in [-0.3, -0.25) is 4.79 Å². The summed E-state index contributed by atoms with van der Waals surface area (Å²) in [5, 5.41) is 11.5. The Morgan fingerprint density at radius 3 is 2.62 bits per heavy atom. The molecule has 1 unspecified atom stereocenters. The smallest absolute Gasteiger partial charge is 0.328 e. The molecule has 0 aromatic heterocycles. The van der Waals surface area contributed by atoms with Crippen molar-refractivity contribution in [1.29, 1.82) is 0 Å². The topological polar surface area (TPSA) is 75.6 Å². The number of hydrogen-bond acceptors (Lipinski definition) is 3. The van der Waals surface area contributed by atoms with Crippen LogP contribution in [0.3, 0.4) is 0 Å². The van der Waals surface area contributed by atoms with E-state index in [0.717, 1.165) is 17.2 Å². The molecule has 0 aliphatic rings. The molecule has 1 aromatic rings. The van der Waals surface area contributed by atoms with Gasteiger partial charge in [0.15, 0.2) is 0 Å². The molecule has 0 saturated carbocycles. The Labute approximate surface area is 124 Å². The van der Waals surface area contributed by atoms with Crippen molar-refractivity contribution in [3.05, 3.63) is 35.4 Å². The third-order valence-corrected chi connectivity index (χ3v) is 3.55. The van der Waals surface area contributed by atoms with Crippen molar-refractivity contribution in [3.8, 4) is 0 Å². The zero-order valence-corrected chi connectivity index (χ0v) is 12.8. The molecule has 0 spiro atoms. The summed E-state index contributed by atoms with van der Waals surface area (Å²) >= 11 is 0. The van der Waals surface area contributed by atoms with Crippen LogP contribution in [0.25, 0.3) is 6.08 Å². The predicted octanol–water partition coefficient (Wildman–Crippen LogP) is 2.85. The number of carbonyl (C=O) groups is 2. The predicted molar refractivity (Wildman–Crippen MR) is 82.2 cm³/mol. The number of aliphatic carboxylic acids is 1. The summed E-state index contributed by atoms with van der Waals surface area (Å²) < 4.78 is 5.25. The molecule has 0 radical (unpaired) electrons. The molecule has 2 N–H and O–H groups in total. The molecule has 0 heterocycles. The van der Waals surface area contributed by atoms with Crippen LogP contribution in [-0.2, 0) is 14.3 Å². The molecule has 114 valence electrons. The van der Waals surface area contributed by atoms with Gasteiger partial charge in [0, 0.05) is 18.9 Å². The minimum absolute atomic E-state index is 0.232. The SMILES string of the molecule is CCC(C)(OC)C(=O)Nc1ccc(C)c(/C=C/C(=O)O)c1. The quantitative estimate of drug-likeness (QED) is 0.790. The number of methoxy groups -OCH3 is 1. The van der Waals surface area contributed by atoms with E-state index < -0.39 is 11.6 Å². The van der Waals surface area contributed by atoms with E-state index in [0.29, 0.717) is 12.1 Å². The van der Waals surface area contributed by atoms with E-state index in [1.165, 1.54) is 13.2 Å². The number of rotatable bonds is 6. The molecule has 0 fully saturated rings. The Morgan fingerprint density at radius 1 is 1.43 bits per heavy atom. The third-order valence-electron chi connectivity index (χ3n) is 3.55. The summed E-state index contributed by atoms with van der Waals surface area (Å²) in [5.74, 6) is -1.24. The number of ether oxygens (including phenoxy) is 1. The lowest BCUT2D eigenvalue weighted by atomic mass is 10.0. The van der Waals surface area contributed by atoms with Gasteiger partial charge in [-0.2, -0.15) is 0 Å². The molecule has 1 atom stereocenters. The standard InChI is InChI=1S/C16H21NO4/c1-5-16(3,21-4)15(20)17-13-8-6-11(2)12(10-13)7-9-14(18)19/h6-10H,5H2,1-4H3,(H,17,20)(H,18,19)/b9-7+. The first-order chi connectivity index (χ1) is 9.82. The average molecular weight is 291 g/mol. The summed E-state index contributed by atoms with van der Waals surface area (Å²) in [4.78, 5) is 22.8. The van der Waals surface area contributed by atoms with Gasteiger partial charge in [0.2, 0.25) is 0 Å². The number of carboxylic acids is 1. The fourth-order valence-electron chi connectivity index (χ4n) is 1.72. The highest BCUT2D eigenvalue weighted by Gasteiger charge is 2.30. The van der Waals surface area contributed by atoms with Gasteiger partial charge in [0.1, 0.15) is 5.60 Å². The van der Waals surface area contributed by atoms with Gasteiger partial charge >= 0.3 is 5.97 Å². The van der Waals surface area contributed by atoms with Crippen molar-refractivity contribution in [2.24, 2.45) is 0 Å². The Kier molecular flexibility index (Phi) is 5.67. The van der Waals surface area contributed by atoms with Crippen LogP contribution in [0.1, 0.15) is 31.4 Å². The molecule has 0 aliphatic carbocycles. The minimum Gasteiger partial charge on any atom is -0.478 e. The third kappa shape index (κ3) is 4.43. The van der Waals surface area contributed by atoms with Crippen LogP contribution in [0, 0.1) is 6.92 Å². The van der Waals surface area contributed by atoms with Crippen LogP contribution in [0.2, 0.25) is 0 Å². The highest BCUT2D eigenvalue weighted by molar-refractivity contribution is 5.97. The maximum atomic E-state index is 12.2. The highest BCUT2D eigenvalue weighted by Crippen LogP contribution is 2.20. The fourth-order valence-corrected chi connectivity index (χ4v) is 1.72. The zero-order valence-electron chi connectivity index (χ0n) is 12.8. The van der Waals surface area contributed by atoms with Gasteiger partial charge in [-0.25, -0.2) is 4.79 Å². The van der Waals surface area contributed by atoms with E-state index in [4.69, 9.17) is 9.84 Å². The first kappa shape index (κ1) is 16.9. The molecule has 1 rings (SSSR count). The summed E-state index contributed by atoms with van der Waals surface area (Å²) in [5.41, 5.74) is 1.38. The summed E-state index contributed by atoms with van der Waals surface area (Å²) in [6.07, 6.45) is 3.12. The second kappa shape index (κ2) is 7.04. The van der Waals surface area contributed by atoms with Crippen LogP contribution in [-0.4, -0.2) is 29.7 Å². The maximum Gasteiger partial charge on any atom is 0.328 e. The van der Waals surface area contributed by atoms with E-state index in [9.17, 15) is 9.59 Å². The largest absolute Gasteiger partial charge is 0.478 e. The Balaban J connectivity index is 2.98. The average Bonchev–Trinajstić information content (AvgIpc) is 2.46. The van der Waals surface area contributed by atoms with Crippen molar-refractivity contribution in [2.75, 3.05) is 12.4 Å². The lowest BCUT2D eigenvalue weighted by Crippen LogP contribution is -2.41. The second-order valence-corrected chi connectivity index (χ2v) is 4.99. The molecule has 0 saturated heterocycles. The number of benzene rings is 1. The number of anilines is 1. The van der Waals surface area contributed by atoms with Gasteiger partial charge in [-0.15, -0.1) is 0 Å². The molecular formula is C16H21NO4. The van der Waals surface area contributed by atoms with Gasteiger partial charge < -0.3 is 15.2 Å². The monoisotopic (exact) mass is 291 g/mol. The van der Waals surface area contributed by atoms with E-state index >= 15 is 0 Å². The number of hydrogen-bond donors (Lipinski definition) is 2. The maximum absolute atomic E-state index is 12.2. The minimum atomic E-state index is -1.01. The number of amides is 1. The van der Waals surface area contributed by atoms with Crippen molar-refractivity contribution in [1.82, 2.24) is 0 Å². The lowest BCUT2D eigenvalue weighted by Gasteiger charge is -2.25. The zero-order chi connectivity index (χ0) is 16.0. The van der Waals surface area contributed by atoms with Crippen LogP contribution in [0.4, 0.5) is 5.69 Å². The lowest BCUT2D eigenvalue weighted by molar-refractivity contribution is -0.136. The summed E-state index contributed by atoms with van der Waals surface area (Å²) in [6, 6.07) is 5.34. The summed E-state index contributed by atoms with van der Waals surface area (Å²) in [6.45, 7) is 5.47. The van der Waals surface area contributed by atoms with Crippen LogP contribution in [0.5, 0.6) is 0 Å². The number of carbonyl (C=O) groups excluding carboxylic acids is 1. The van der Waals surface area contributed by atoms with Crippen LogP contribution in [0.15, 0.2) is 24.3 Å². The van der Waals surface area contributed by atoms with Crippen LogP contribution >= 0.6 is 0 Å². The molecule has 0 aliphatic heterocycles. The molecule has 1 aromatic carbocycles. The van der Waals surface area contributed by atoms with Gasteiger partial charge in [0.05, 0.1) is 0 Å². The second-order valence-electron chi connectivity index (χ2n) is 4.99. The van der Waals surface area contributed by atoms with Crippen molar-refractivity contribution in [3.63, 3.8) is 0 Å². The molecule has 5 nitrogen and oxygen atoms in total. The molecule has 5 heteroatoms. The van der Waals surface area contributed by atoms with Crippen molar-refractivity contribution < 1.29 is 19.4 Å². The van der Waals surface area contributed by atoms with E-state index in [1.807, 2.05) is 19.9 Å². The van der Waals surface area contributed by atoms with Gasteiger partial charge in [0.25, 0.3) is 5.91 Å². The van der Waals surface area contributed by atoms with E-state index in [1.54, 1.807) is 19.1 Å². The summed E-state index contributed by atoms with van der Waals surface area (Å²) in [7, 11) is 1.50. The Hall–Kier alpha value is -2.14.